The van der Waals surface area contributed by atoms with Gasteiger partial charge in [0.25, 0.3) is 0 Å². The highest BCUT2D eigenvalue weighted by atomic mass is 19.4. The highest BCUT2D eigenvalue weighted by molar-refractivity contribution is 5.66. The van der Waals surface area contributed by atoms with Crippen LogP contribution in [0, 0.1) is 5.92 Å². The highest BCUT2D eigenvalue weighted by Crippen LogP contribution is 2.35. The third-order valence-electron chi connectivity index (χ3n) is 2.88. The number of benzene rings is 1. The molecular formula is C14H15F3N2O. The van der Waals surface area contributed by atoms with Gasteiger partial charge in [-0.3, -0.25) is 0 Å². The van der Waals surface area contributed by atoms with Crippen molar-refractivity contribution >= 4 is 5.82 Å². The molecule has 0 saturated heterocycles. The molecule has 0 fully saturated rings. The van der Waals surface area contributed by atoms with Crippen molar-refractivity contribution < 1.29 is 17.7 Å². The van der Waals surface area contributed by atoms with Crippen molar-refractivity contribution in [3.8, 4) is 11.3 Å². The molecule has 0 unspecified atom stereocenters. The van der Waals surface area contributed by atoms with Crippen molar-refractivity contribution in [3.63, 3.8) is 0 Å². The summed E-state index contributed by atoms with van der Waals surface area (Å²) in [7, 11) is 0. The van der Waals surface area contributed by atoms with Crippen molar-refractivity contribution in [2.75, 3.05) is 5.73 Å². The lowest BCUT2D eigenvalue weighted by atomic mass is 9.99. The second kappa shape index (κ2) is 5.19. The first kappa shape index (κ1) is 14.4. The van der Waals surface area contributed by atoms with Crippen LogP contribution in [-0.2, 0) is 12.6 Å². The molecule has 0 amide bonds. The maximum absolute atomic E-state index is 12.7. The Kier molecular flexibility index (Phi) is 3.74. The van der Waals surface area contributed by atoms with Crippen LogP contribution in [0.1, 0.15) is 25.0 Å². The zero-order chi connectivity index (χ0) is 14.9. The second-order valence-corrected chi connectivity index (χ2v) is 5.05. The lowest BCUT2D eigenvalue weighted by molar-refractivity contribution is -0.137. The molecular weight excluding hydrogens is 269 g/mol. The molecule has 3 nitrogen and oxygen atoms in total. The predicted molar refractivity (Wildman–Crippen MR) is 69.9 cm³/mol. The van der Waals surface area contributed by atoms with Gasteiger partial charge in [-0.15, -0.1) is 0 Å². The van der Waals surface area contributed by atoms with E-state index in [4.69, 9.17) is 10.3 Å². The van der Waals surface area contributed by atoms with Crippen LogP contribution in [0.25, 0.3) is 11.3 Å². The number of nitrogen functional groups attached to an aromatic ring is 1. The molecule has 6 heteroatoms. The van der Waals surface area contributed by atoms with Gasteiger partial charge in [0.15, 0.2) is 11.6 Å². The van der Waals surface area contributed by atoms with Gasteiger partial charge in [0, 0.05) is 11.1 Å². The average Bonchev–Trinajstić information content (AvgIpc) is 2.70. The summed E-state index contributed by atoms with van der Waals surface area (Å²) in [5.41, 5.74) is 5.99. The number of nitrogens with two attached hydrogens (primary N) is 1. The number of anilines is 1. The first-order chi connectivity index (χ1) is 9.29. The van der Waals surface area contributed by atoms with E-state index < -0.39 is 11.7 Å². The minimum atomic E-state index is -4.39. The number of hydrogen-bond donors (Lipinski definition) is 1. The van der Waals surface area contributed by atoms with E-state index in [-0.39, 0.29) is 5.82 Å². The summed E-state index contributed by atoms with van der Waals surface area (Å²) in [5, 5.41) is 3.66. The van der Waals surface area contributed by atoms with E-state index in [0.717, 1.165) is 12.1 Å². The van der Waals surface area contributed by atoms with Gasteiger partial charge in [-0.1, -0.05) is 31.1 Å². The van der Waals surface area contributed by atoms with Crippen molar-refractivity contribution in [3.05, 3.63) is 35.4 Å². The van der Waals surface area contributed by atoms with Gasteiger partial charge in [0.05, 0.1) is 5.56 Å². The Labute approximate surface area is 114 Å². The number of rotatable bonds is 3. The third-order valence-corrected chi connectivity index (χ3v) is 2.88. The van der Waals surface area contributed by atoms with Crippen LogP contribution in [-0.4, -0.2) is 5.16 Å². The van der Waals surface area contributed by atoms with Gasteiger partial charge in [0.1, 0.15) is 0 Å². The number of nitrogens with zero attached hydrogens (tertiary/aromatic N) is 1. The fourth-order valence-corrected chi connectivity index (χ4v) is 1.99. The zero-order valence-corrected chi connectivity index (χ0v) is 11.2. The van der Waals surface area contributed by atoms with Gasteiger partial charge in [-0.25, -0.2) is 0 Å². The molecule has 0 atom stereocenters. The average molecular weight is 284 g/mol. The lowest BCUT2D eigenvalue weighted by Gasteiger charge is -2.09. The molecule has 0 bridgehead atoms. The molecule has 0 aliphatic carbocycles. The summed E-state index contributed by atoms with van der Waals surface area (Å²) in [4.78, 5) is 0. The molecule has 0 saturated carbocycles. The minimum absolute atomic E-state index is 0.228. The van der Waals surface area contributed by atoms with Crippen molar-refractivity contribution in [2.45, 2.75) is 26.4 Å². The Hall–Kier alpha value is -1.98. The van der Waals surface area contributed by atoms with E-state index in [1.807, 2.05) is 13.8 Å². The molecule has 0 radical (unpaired) electrons. The normalized spacial score (nSPS) is 12.1. The van der Waals surface area contributed by atoms with Gasteiger partial charge in [0.2, 0.25) is 0 Å². The Morgan fingerprint density at radius 3 is 2.60 bits per heavy atom. The van der Waals surface area contributed by atoms with Crippen molar-refractivity contribution in [2.24, 2.45) is 5.92 Å². The first-order valence-electron chi connectivity index (χ1n) is 6.20. The Morgan fingerprint density at radius 1 is 1.30 bits per heavy atom. The van der Waals surface area contributed by atoms with Crippen molar-refractivity contribution in [1.82, 2.24) is 5.16 Å². The third kappa shape index (κ3) is 2.95. The number of alkyl halides is 3. The molecule has 1 aromatic carbocycles. The van der Waals surface area contributed by atoms with Crippen LogP contribution in [0.3, 0.4) is 0 Å². The Bertz CT molecular complexity index is 603. The largest absolute Gasteiger partial charge is 0.416 e. The Balaban J connectivity index is 2.47. The number of aromatic nitrogens is 1. The number of hydrogen-bond acceptors (Lipinski definition) is 3. The van der Waals surface area contributed by atoms with E-state index in [9.17, 15) is 13.2 Å². The quantitative estimate of drug-likeness (QED) is 0.921. The van der Waals surface area contributed by atoms with E-state index in [2.05, 4.69) is 5.16 Å². The fourth-order valence-electron chi connectivity index (χ4n) is 1.99. The molecule has 1 heterocycles. The molecule has 2 aromatic rings. The SMILES string of the molecule is CC(C)Cc1c(N)noc1-c1cccc(C(F)(F)F)c1. The highest BCUT2D eigenvalue weighted by Gasteiger charge is 2.31. The topological polar surface area (TPSA) is 52.0 Å². The molecule has 1 aromatic heterocycles. The lowest BCUT2D eigenvalue weighted by Crippen LogP contribution is -2.04. The maximum atomic E-state index is 12.7. The summed E-state index contributed by atoms with van der Waals surface area (Å²) >= 11 is 0. The summed E-state index contributed by atoms with van der Waals surface area (Å²) in [6.07, 6.45) is -3.79. The van der Waals surface area contributed by atoms with Crippen LogP contribution in [0.4, 0.5) is 19.0 Å². The standard InChI is InChI=1S/C14H15F3N2O/c1-8(2)6-11-12(20-19-13(11)18)9-4-3-5-10(7-9)14(15,16)17/h3-5,7-8H,6H2,1-2H3,(H2,18,19). The van der Waals surface area contributed by atoms with Gasteiger partial charge >= 0.3 is 6.18 Å². The predicted octanol–water partition coefficient (Wildman–Crippen LogP) is 4.14. The zero-order valence-electron chi connectivity index (χ0n) is 11.2. The fraction of sp³-hybridized carbons (Fsp3) is 0.357. The van der Waals surface area contributed by atoms with Crippen LogP contribution < -0.4 is 5.73 Å². The van der Waals surface area contributed by atoms with E-state index >= 15 is 0 Å². The molecule has 0 aliphatic rings. The van der Waals surface area contributed by atoms with E-state index in [1.54, 1.807) is 6.07 Å². The second-order valence-electron chi connectivity index (χ2n) is 5.05. The summed E-state index contributed by atoms with van der Waals surface area (Å²) < 4.78 is 43.3. The van der Waals surface area contributed by atoms with E-state index in [0.29, 0.717) is 29.2 Å². The summed E-state index contributed by atoms with van der Waals surface area (Å²) in [6, 6.07) is 4.96. The molecule has 20 heavy (non-hydrogen) atoms. The van der Waals surface area contributed by atoms with Gasteiger partial charge < -0.3 is 10.3 Å². The summed E-state index contributed by atoms with van der Waals surface area (Å²) in [5.74, 6) is 0.828. The van der Waals surface area contributed by atoms with Crippen molar-refractivity contribution in [1.29, 1.82) is 0 Å². The number of halogens is 3. The molecule has 2 rings (SSSR count). The minimum Gasteiger partial charge on any atom is -0.381 e. The van der Waals surface area contributed by atoms with Crippen LogP contribution >= 0.6 is 0 Å². The molecule has 2 N–H and O–H groups in total. The first-order valence-corrected chi connectivity index (χ1v) is 6.20. The van der Waals surface area contributed by atoms with E-state index in [1.165, 1.54) is 6.07 Å². The summed E-state index contributed by atoms with van der Waals surface area (Å²) in [6.45, 7) is 3.98. The Morgan fingerprint density at radius 2 is 2.00 bits per heavy atom. The molecule has 0 spiro atoms. The van der Waals surface area contributed by atoms with Crippen LogP contribution in [0.2, 0.25) is 0 Å². The van der Waals surface area contributed by atoms with Crippen LogP contribution in [0.5, 0.6) is 0 Å². The van der Waals surface area contributed by atoms with Gasteiger partial charge in [-0.05, 0) is 24.5 Å². The van der Waals surface area contributed by atoms with Gasteiger partial charge in [-0.2, -0.15) is 13.2 Å². The van der Waals surface area contributed by atoms with Crippen LogP contribution in [0.15, 0.2) is 28.8 Å². The molecule has 108 valence electrons. The molecule has 0 aliphatic heterocycles. The maximum Gasteiger partial charge on any atom is 0.416 e. The smallest absolute Gasteiger partial charge is 0.381 e. The monoisotopic (exact) mass is 284 g/mol.